The van der Waals surface area contributed by atoms with Crippen LogP contribution < -0.4 is 10.2 Å². The first kappa shape index (κ1) is 12.8. The van der Waals surface area contributed by atoms with E-state index < -0.39 is 0 Å². The van der Waals surface area contributed by atoms with Crippen molar-refractivity contribution < 1.29 is 4.74 Å². The molecule has 1 aliphatic rings. The fourth-order valence-electron chi connectivity index (χ4n) is 2.35. The van der Waals surface area contributed by atoms with Crippen molar-refractivity contribution >= 4 is 11.3 Å². The van der Waals surface area contributed by atoms with Gasteiger partial charge in [0.05, 0.1) is 6.10 Å². The molecule has 1 aliphatic carbocycles. The molecule has 0 radical (unpaired) electrons. The van der Waals surface area contributed by atoms with Gasteiger partial charge in [-0.15, -0.1) is 0 Å². The Hall–Kier alpha value is -0.650. The third-order valence-electron chi connectivity index (χ3n) is 3.66. The third kappa shape index (κ3) is 2.61. The van der Waals surface area contributed by atoms with E-state index in [1.807, 2.05) is 12.3 Å². The second kappa shape index (κ2) is 4.92. The van der Waals surface area contributed by atoms with E-state index in [0.29, 0.717) is 12.1 Å². The molecule has 0 aliphatic heterocycles. The number of ether oxygens (including phenoxy) is 1. The molecule has 1 heterocycles. The van der Waals surface area contributed by atoms with Gasteiger partial charge < -0.3 is 15.0 Å². The van der Waals surface area contributed by atoms with Crippen LogP contribution in [-0.2, 0) is 11.3 Å². The molecular weight excluding hydrogens is 236 g/mol. The lowest BCUT2D eigenvalue weighted by Crippen LogP contribution is -2.60. The molecule has 5 heteroatoms. The second-order valence-electron chi connectivity index (χ2n) is 5.11. The molecule has 1 saturated carbocycles. The van der Waals surface area contributed by atoms with Crippen molar-refractivity contribution in [2.45, 2.75) is 45.9 Å². The molecule has 96 valence electrons. The Kier molecular flexibility index (Phi) is 3.70. The molecule has 17 heavy (non-hydrogen) atoms. The monoisotopic (exact) mass is 256 g/mol. The summed E-state index contributed by atoms with van der Waals surface area (Å²) < 4.78 is 5.68. The summed E-state index contributed by atoms with van der Waals surface area (Å²) in [6.45, 7) is 7.99. The summed E-state index contributed by atoms with van der Waals surface area (Å²) in [5.74, 6) is 0. The highest BCUT2D eigenvalue weighted by atomic mass is 32.1. The van der Waals surface area contributed by atoms with Crippen LogP contribution >= 0.6 is 11.3 Å². The number of rotatable bonds is 5. The van der Waals surface area contributed by atoms with Crippen LogP contribution in [0.5, 0.6) is 0 Å². The van der Waals surface area contributed by atoms with Crippen molar-refractivity contribution in [1.82, 2.24) is 10.3 Å². The summed E-state index contributed by atoms with van der Waals surface area (Å²) in [6, 6.07) is 0.461. The lowest BCUT2D eigenvalue weighted by atomic mass is 9.64. The Labute approximate surface area is 105 Å². The fourth-order valence-corrected chi connectivity index (χ4v) is 2.93. The maximum absolute atomic E-state index is 11.0. The molecule has 2 rings (SSSR count). The van der Waals surface area contributed by atoms with E-state index in [2.05, 4.69) is 24.1 Å². The van der Waals surface area contributed by atoms with E-state index in [9.17, 15) is 4.79 Å². The van der Waals surface area contributed by atoms with Gasteiger partial charge in [0.1, 0.15) is 0 Å². The molecule has 0 aromatic carbocycles. The van der Waals surface area contributed by atoms with Crippen LogP contribution in [0.4, 0.5) is 0 Å². The van der Waals surface area contributed by atoms with Gasteiger partial charge in [-0.3, -0.25) is 4.79 Å². The number of aromatic nitrogens is 1. The van der Waals surface area contributed by atoms with Gasteiger partial charge in [-0.2, -0.15) is 0 Å². The molecule has 0 bridgehead atoms. The minimum Gasteiger partial charge on any atom is -0.378 e. The zero-order valence-electron chi connectivity index (χ0n) is 10.6. The summed E-state index contributed by atoms with van der Waals surface area (Å²) in [6.07, 6.45) is 1.40. The quantitative estimate of drug-likeness (QED) is 0.843. The maximum Gasteiger partial charge on any atom is 0.304 e. The van der Waals surface area contributed by atoms with Gasteiger partial charge in [0, 0.05) is 35.7 Å². The Bertz CT molecular complexity index is 424. The number of hydrogen-bond donors (Lipinski definition) is 2. The van der Waals surface area contributed by atoms with Crippen LogP contribution in [-0.4, -0.2) is 23.7 Å². The molecule has 0 amide bonds. The van der Waals surface area contributed by atoms with Gasteiger partial charge in [-0.05, 0) is 13.3 Å². The number of thiazole rings is 1. The Morgan fingerprint density at radius 2 is 2.41 bits per heavy atom. The normalized spacial score (nSPS) is 26.8. The van der Waals surface area contributed by atoms with Gasteiger partial charge in [0.15, 0.2) is 0 Å². The summed E-state index contributed by atoms with van der Waals surface area (Å²) >= 11 is 1.21. The minimum atomic E-state index is 0.0156. The number of H-pyrrole nitrogens is 1. The maximum atomic E-state index is 11.0. The first-order valence-electron chi connectivity index (χ1n) is 6.05. The molecule has 0 saturated heterocycles. The molecule has 2 unspecified atom stereocenters. The smallest absolute Gasteiger partial charge is 0.304 e. The van der Waals surface area contributed by atoms with Crippen LogP contribution in [0.1, 0.15) is 32.9 Å². The zero-order valence-corrected chi connectivity index (χ0v) is 11.4. The molecule has 2 N–H and O–H groups in total. The first-order chi connectivity index (χ1) is 8.04. The highest BCUT2D eigenvalue weighted by Gasteiger charge is 2.48. The molecule has 1 aromatic rings. The van der Waals surface area contributed by atoms with E-state index >= 15 is 0 Å². The highest BCUT2D eigenvalue weighted by Crippen LogP contribution is 2.42. The van der Waals surface area contributed by atoms with Crippen LogP contribution in [0.25, 0.3) is 0 Å². The standard InChI is InChI=1S/C12H20N2O2S/c1-4-16-10-5-9(12(10,2)3)13-6-8-7-17-11(15)14-8/h7,9-10,13H,4-6H2,1-3H3,(H,14,15). The van der Waals surface area contributed by atoms with Gasteiger partial charge >= 0.3 is 4.87 Å². The van der Waals surface area contributed by atoms with Crippen LogP contribution in [0, 0.1) is 5.41 Å². The Morgan fingerprint density at radius 3 is 2.94 bits per heavy atom. The van der Waals surface area contributed by atoms with E-state index in [0.717, 1.165) is 25.3 Å². The van der Waals surface area contributed by atoms with Crippen LogP contribution in [0.3, 0.4) is 0 Å². The SMILES string of the molecule is CCOC1CC(NCc2csc(=O)[nH]2)C1(C)C. The molecule has 0 spiro atoms. The van der Waals surface area contributed by atoms with Crippen LogP contribution in [0.2, 0.25) is 0 Å². The Morgan fingerprint density at radius 1 is 1.65 bits per heavy atom. The number of nitrogens with one attached hydrogen (secondary N) is 2. The van der Waals surface area contributed by atoms with Gasteiger partial charge in [-0.1, -0.05) is 25.2 Å². The predicted molar refractivity (Wildman–Crippen MR) is 69.4 cm³/mol. The second-order valence-corrected chi connectivity index (χ2v) is 5.95. The van der Waals surface area contributed by atoms with Crippen molar-refractivity contribution in [3.05, 3.63) is 20.7 Å². The average molecular weight is 256 g/mol. The number of hydrogen-bond acceptors (Lipinski definition) is 4. The van der Waals surface area contributed by atoms with E-state index in [1.54, 1.807) is 0 Å². The summed E-state index contributed by atoms with van der Waals surface area (Å²) in [7, 11) is 0. The summed E-state index contributed by atoms with van der Waals surface area (Å²) in [5, 5.41) is 5.36. The van der Waals surface area contributed by atoms with Crippen molar-refractivity contribution in [2.24, 2.45) is 5.41 Å². The lowest BCUT2D eigenvalue weighted by Gasteiger charge is -2.51. The van der Waals surface area contributed by atoms with Gasteiger partial charge in [0.25, 0.3) is 0 Å². The Balaban J connectivity index is 1.84. The first-order valence-corrected chi connectivity index (χ1v) is 6.93. The molecule has 1 fully saturated rings. The van der Waals surface area contributed by atoms with E-state index in [1.165, 1.54) is 11.3 Å². The third-order valence-corrected chi connectivity index (χ3v) is 4.37. The average Bonchev–Trinajstić information content (AvgIpc) is 2.68. The topological polar surface area (TPSA) is 54.1 Å². The van der Waals surface area contributed by atoms with Crippen molar-refractivity contribution in [1.29, 1.82) is 0 Å². The van der Waals surface area contributed by atoms with E-state index in [-0.39, 0.29) is 10.3 Å². The van der Waals surface area contributed by atoms with Crippen molar-refractivity contribution in [3.8, 4) is 0 Å². The predicted octanol–water partition coefficient (Wildman–Crippen LogP) is 1.73. The van der Waals surface area contributed by atoms with Gasteiger partial charge in [0.2, 0.25) is 0 Å². The van der Waals surface area contributed by atoms with Crippen molar-refractivity contribution in [3.63, 3.8) is 0 Å². The van der Waals surface area contributed by atoms with E-state index in [4.69, 9.17) is 4.74 Å². The number of aromatic amines is 1. The zero-order chi connectivity index (χ0) is 12.5. The van der Waals surface area contributed by atoms with Gasteiger partial charge in [-0.25, -0.2) is 0 Å². The van der Waals surface area contributed by atoms with Crippen LogP contribution in [0.15, 0.2) is 10.2 Å². The summed E-state index contributed by atoms with van der Waals surface area (Å²) in [5.41, 5.74) is 1.14. The largest absolute Gasteiger partial charge is 0.378 e. The summed E-state index contributed by atoms with van der Waals surface area (Å²) in [4.78, 5) is 13.8. The minimum absolute atomic E-state index is 0.0156. The molecular formula is C12H20N2O2S. The fraction of sp³-hybridized carbons (Fsp3) is 0.750. The van der Waals surface area contributed by atoms with Crippen molar-refractivity contribution in [2.75, 3.05) is 6.61 Å². The molecule has 4 nitrogen and oxygen atoms in total. The lowest BCUT2D eigenvalue weighted by molar-refractivity contribution is -0.114. The highest BCUT2D eigenvalue weighted by molar-refractivity contribution is 7.07. The molecule has 1 aromatic heterocycles. The molecule has 2 atom stereocenters.